The fraction of sp³-hybridized carbons (Fsp3) is 0.214. The zero-order chi connectivity index (χ0) is 23.8. The van der Waals surface area contributed by atoms with Crippen LogP contribution in [0.5, 0.6) is 5.75 Å². The predicted octanol–water partition coefficient (Wildman–Crippen LogP) is 7.13. The minimum Gasteiger partial charge on any atom is -0.488 e. The summed E-state index contributed by atoms with van der Waals surface area (Å²) in [4.78, 5) is 25.9. The number of nitrogens with zero attached hydrogens (tertiary/aromatic N) is 1. The topological polar surface area (TPSA) is 48.3 Å². The zero-order valence-corrected chi connectivity index (χ0v) is 20.6. The van der Waals surface area contributed by atoms with Crippen LogP contribution in [0.1, 0.15) is 40.6 Å². The molecule has 172 valence electrons. The number of ketones is 2. The molecule has 34 heavy (non-hydrogen) atoms. The number of Topliss-reactive ketones (excluding diaryl/α,β-unsaturated/α-hetero) is 1. The van der Waals surface area contributed by atoms with E-state index in [-0.39, 0.29) is 17.7 Å². The summed E-state index contributed by atoms with van der Waals surface area (Å²) in [7, 11) is 2.01. The number of rotatable bonds is 7. The third-order valence-corrected chi connectivity index (χ3v) is 7.70. The highest BCUT2D eigenvalue weighted by atomic mass is 35.5. The Bertz CT molecular complexity index is 1450. The fourth-order valence-corrected chi connectivity index (χ4v) is 5.62. The van der Waals surface area contributed by atoms with Gasteiger partial charge >= 0.3 is 0 Å². The molecule has 0 spiro atoms. The van der Waals surface area contributed by atoms with E-state index in [9.17, 15) is 9.59 Å². The Morgan fingerprint density at radius 2 is 2.03 bits per heavy atom. The van der Waals surface area contributed by atoms with Crippen LogP contribution in [0, 0.1) is 0 Å². The number of hydrogen-bond acceptors (Lipinski definition) is 4. The highest BCUT2D eigenvalue weighted by Gasteiger charge is 2.26. The van der Waals surface area contributed by atoms with Gasteiger partial charge in [-0.25, -0.2) is 0 Å². The van der Waals surface area contributed by atoms with Gasteiger partial charge < -0.3 is 9.30 Å². The van der Waals surface area contributed by atoms with Gasteiger partial charge in [0.25, 0.3) is 0 Å². The molecule has 2 aromatic heterocycles. The lowest BCUT2D eigenvalue weighted by Crippen LogP contribution is -2.14. The van der Waals surface area contributed by atoms with E-state index in [0.717, 1.165) is 37.3 Å². The standard InChI is InChI=1S/C28H24ClNO3S/c1-17(31)26-11-12-27(34-26)19-13-20-14-22(33-28(20)24(29)15-19)10-9-21(32)8-7-18-16-30(2)25-6-4-3-5-23(18)25/h3-8,11-13,15-16,22H,9-10,14H2,1-2H3/b8-7+. The summed E-state index contributed by atoms with van der Waals surface area (Å²) in [5, 5.41) is 1.70. The molecule has 0 amide bonds. The number of allylic oxidation sites excluding steroid dienone is 1. The Morgan fingerprint density at radius 3 is 2.82 bits per heavy atom. The summed E-state index contributed by atoms with van der Waals surface area (Å²) >= 11 is 7.99. The van der Waals surface area contributed by atoms with Gasteiger partial charge in [-0.1, -0.05) is 29.8 Å². The lowest BCUT2D eigenvalue weighted by Gasteiger charge is -2.10. The van der Waals surface area contributed by atoms with Crippen molar-refractivity contribution in [1.82, 2.24) is 4.57 Å². The Kier molecular flexibility index (Phi) is 6.15. The van der Waals surface area contributed by atoms with Gasteiger partial charge in [-0.2, -0.15) is 0 Å². The van der Waals surface area contributed by atoms with Gasteiger partial charge in [0.15, 0.2) is 11.6 Å². The molecular formula is C28H24ClNO3S. The number of halogens is 1. The number of aryl methyl sites for hydroxylation is 1. The Labute approximate surface area is 207 Å². The highest BCUT2D eigenvalue weighted by molar-refractivity contribution is 7.17. The SMILES string of the molecule is CC(=O)c1ccc(-c2cc(Cl)c3c(c2)CC(CCC(=O)/C=C/c2cn(C)c4ccccc24)O3)s1. The van der Waals surface area contributed by atoms with Gasteiger partial charge in [0.1, 0.15) is 11.9 Å². The molecule has 0 fully saturated rings. The van der Waals surface area contributed by atoms with Crippen LogP contribution in [0.3, 0.4) is 0 Å². The molecule has 1 atom stereocenters. The smallest absolute Gasteiger partial charge is 0.169 e. The number of fused-ring (bicyclic) bond motifs is 2. The molecule has 3 heterocycles. The van der Waals surface area contributed by atoms with E-state index in [1.807, 2.05) is 49.7 Å². The van der Waals surface area contributed by atoms with Gasteiger partial charge in [0.2, 0.25) is 0 Å². The second kappa shape index (κ2) is 9.24. The molecule has 0 aliphatic carbocycles. The van der Waals surface area contributed by atoms with Crippen LogP contribution >= 0.6 is 22.9 Å². The van der Waals surface area contributed by atoms with Crippen molar-refractivity contribution in [2.45, 2.75) is 32.3 Å². The van der Waals surface area contributed by atoms with Crippen LogP contribution in [0.25, 0.3) is 27.4 Å². The molecule has 0 bridgehead atoms. The fourth-order valence-electron chi connectivity index (χ4n) is 4.45. The Balaban J connectivity index is 1.23. The first-order chi connectivity index (χ1) is 16.4. The van der Waals surface area contributed by atoms with Gasteiger partial charge in [0.05, 0.1) is 9.90 Å². The first kappa shape index (κ1) is 22.6. The van der Waals surface area contributed by atoms with Gasteiger partial charge in [-0.15, -0.1) is 11.3 Å². The molecule has 1 aliphatic rings. The average Bonchev–Trinajstić information content (AvgIpc) is 3.54. The molecule has 0 radical (unpaired) electrons. The van der Waals surface area contributed by atoms with E-state index >= 15 is 0 Å². The third kappa shape index (κ3) is 4.46. The third-order valence-electron chi connectivity index (χ3n) is 6.18. The first-order valence-electron chi connectivity index (χ1n) is 11.2. The highest BCUT2D eigenvalue weighted by Crippen LogP contribution is 2.41. The van der Waals surface area contributed by atoms with Crippen molar-refractivity contribution in [3.63, 3.8) is 0 Å². The maximum absolute atomic E-state index is 12.6. The van der Waals surface area contributed by atoms with Crippen LogP contribution in [0.4, 0.5) is 0 Å². The monoisotopic (exact) mass is 489 g/mol. The minimum absolute atomic E-state index is 0.0612. The minimum atomic E-state index is -0.0752. The second-order valence-corrected chi connectivity index (χ2v) is 10.2. The number of benzene rings is 2. The van der Waals surface area contributed by atoms with Crippen molar-refractivity contribution in [1.29, 1.82) is 0 Å². The molecule has 4 nitrogen and oxygen atoms in total. The van der Waals surface area contributed by atoms with E-state index < -0.39 is 0 Å². The molecule has 2 aromatic carbocycles. The largest absolute Gasteiger partial charge is 0.488 e. The van der Waals surface area contributed by atoms with E-state index in [1.54, 1.807) is 13.0 Å². The van der Waals surface area contributed by atoms with Crippen molar-refractivity contribution >= 4 is 51.5 Å². The molecular weight excluding hydrogens is 466 g/mol. The van der Waals surface area contributed by atoms with E-state index in [4.69, 9.17) is 16.3 Å². The zero-order valence-electron chi connectivity index (χ0n) is 19.0. The summed E-state index contributed by atoms with van der Waals surface area (Å²) in [5.74, 6) is 0.846. The van der Waals surface area contributed by atoms with Crippen LogP contribution in [-0.2, 0) is 18.3 Å². The maximum atomic E-state index is 12.6. The number of ether oxygens (including phenoxy) is 1. The molecule has 0 N–H and O–H groups in total. The van der Waals surface area contributed by atoms with Crippen molar-refractivity contribution < 1.29 is 14.3 Å². The lowest BCUT2D eigenvalue weighted by molar-refractivity contribution is -0.114. The number of carbonyl (C=O) groups is 2. The van der Waals surface area contributed by atoms with E-state index in [2.05, 4.69) is 22.8 Å². The van der Waals surface area contributed by atoms with E-state index in [1.165, 1.54) is 11.3 Å². The van der Waals surface area contributed by atoms with Crippen molar-refractivity contribution in [3.8, 4) is 16.2 Å². The quantitative estimate of drug-likeness (QED) is 0.205. The summed E-state index contributed by atoms with van der Waals surface area (Å²) in [6.45, 7) is 1.57. The normalized spacial score (nSPS) is 15.1. The molecule has 0 saturated heterocycles. The number of carbonyl (C=O) groups excluding carboxylic acids is 2. The molecule has 5 rings (SSSR count). The molecule has 1 aliphatic heterocycles. The van der Waals surface area contributed by atoms with Crippen LogP contribution < -0.4 is 4.74 Å². The van der Waals surface area contributed by atoms with Crippen molar-refractivity contribution in [2.24, 2.45) is 7.05 Å². The average molecular weight is 490 g/mol. The number of para-hydroxylation sites is 1. The van der Waals surface area contributed by atoms with Gasteiger partial charge in [-0.3, -0.25) is 9.59 Å². The van der Waals surface area contributed by atoms with Crippen LogP contribution in [0.15, 0.2) is 60.8 Å². The molecule has 0 saturated carbocycles. The van der Waals surface area contributed by atoms with E-state index in [0.29, 0.717) is 30.0 Å². The maximum Gasteiger partial charge on any atom is 0.169 e. The summed E-state index contributed by atoms with van der Waals surface area (Å²) < 4.78 is 8.15. The van der Waals surface area contributed by atoms with Gasteiger partial charge in [0, 0.05) is 53.0 Å². The number of hydrogen-bond donors (Lipinski definition) is 0. The second-order valence-electron chi connectivity index (χ2n) is 8.66. The summed E-state index contributed by atoms with van der Waals surface area (Å²) in [6, 6.07) is 15.9. The Hall–Kier alpha value is -3.15. The van der Waals surface area contributed by atoms with Crippen molar-refractivity contribution in [3.05, 3.63) is 81.8 Å². The number of aromatic nitrogens is 1. The molecule has 1 unspecified atom stereocenters. The first-order valence-corrected chi connectivity index (χ1v) is 12.4. The Morgan fingerprint density at radius 1 is 1.21 bits per heavy atom. The van der Waals surface area contributed by atoms with Crippen LogP contribution in [-0.4, -0.2) is 22.2 Å². The molecule has 4 aromatic rings. The summed E-state index contributed by atoms with van der Waals surface area (Å²) in [6.07, 6.45) is 7.29. The molecule has 6 heteroatoms. The lowest BCUT2D eigenvalue weighted by atomic mass is 10.0. The predicted molar refractivity (Wildman–Crippen MR) is 139 cm³/mol. The van der Waals surface area contributed by atoms with Crippen molar-refractivity contribution in [2.75, 3.05) is 0 Å². The summed E-state index contributed by atoms with van der Waals surface area (Å²) in [5.41, 5.74) is 4.21. The van der Waals surface area contributed by atoms with Gasteiger partial charge in [-0.05, 0) is 61.4 Å². The number of thiophene rings is 1. The van der Waals surface area contributed by atoms with Crippen LogP contribution in [0.2, 0.25) is 5.02 Å².